The third-order valence-electron chi connectivity index (χ3n) is 3.15. The first-order chi connectivity index (χ1) is 9.27. The molecule has 19 heavy (non-hydrogen) atoms. The maximum atomic E-state index is 12.0. The van der Waals surface area contributed by atoms with Gasteiger partial charge in [-0.1, -0.05) is 44.9 Å². The SMILES string of the molecule is CCCCN(CCCC)CNC(=O)c1ccccc1. The number of carbonyl (C=O) groups excluding carboxylic acids is 1. The standard InChI is InChI=1S/C16H26N2O/c1-3-5-12-18(13-6-4-2)14-17-16(19)15-10-8-7-9-11-15/h7-11H,3-6,12-14H2,1-2H3,(H,17,19). The minimum atomic E-state index is 0.0126. The predicted octanol–water partition coefficient (Wildman–Crippen LogP) is 3.28. The van der Waals surface area contributed by atoms with Crippen molar-refractivity contribution >= 4 is 5.91 Å². The van der Waals surface area contributed by atoms with Crippen LogP contribution >= 0.6 is 0 Å². The molecule has 0 saturated carbocycles. The lowest BCUT2D eigenvalue weighted by atomic mass is 10.2. The van der Waals surface area contributed by atoms with Gasteiger partial charge in [-0.05, 0) is 38.1 Å². The summed E-state index contributed by atoms with van der Waals surface area (Å²) in [5.41, 5.74) is 0.730. The van der Waals surface area contributed by atoms with Gasteiger partial charge in [0.25, 0.3) is 5.91 Å². The summed E-state index contributed by atoms with van der Waals surface area (Å²) in [6.45, 7) is 7.16. The van der Waals surface area contributed by atoms with Crippen LogP contribution < -0.4 is 5.32 Å². The summed E-state index contributed by atoms with van der Waals surface area (Å²) in [5.74, 6) is 0.0126. The fraction of sp³-hybridized carbons (Fsp3) is 0.562. The lowest BCUT2D eigenvalue weighted by molar-refractivity contribution is 0.0921. The molecule has 1 rings (SSSR count). The number of hydrogen-bond acceptors (Lipinski definition) is 2. The lowest BCUT2D eigenvalue weighted by Crippen LogP contribution is -2.38. The summed E-state index contributed by atoms with van der Waals surface area (Å²) in [4.78, 5) is 14.3. The van der Waals surface area contributed by atoms with Crippen molar-refractivity contribution in [1.82, 2.24) is 10.2 Å². The van der Waals surface area contributed by atoms with Crippen LogP contribution in [0.5, 0.6) is 0 Å². The van der Waals surface area contributed by atoms with Gasteiger partial charge in [0.2, 0.25) is 0 Å². The Labute approximate surface area is 117 Å². The molecule has 1 aromatic carbocycles. The first kappa shape index (κ1) is 15.7. The molecule has 1 amide bonds. The monoisotopic (exact) mass is 262 g/mol. The Morgan fingerprint density at radius 3 is 2.16 bits per heavy atom. The number of rotatable bonds is 9. The highest BCUT2D eigenvalue weighted by atomic mass is 16.1. The maximum Gasteiger partial charge on any atom is 0.252 e. The van der Waals surface area contributed by atoms with Crippen LogP contribution in [-0.4, -0.2) is 30.6 Å². The van der Waals surface area contributed by atoms with Crippen LogP contribution in [0.15, 0.2) is 30.3 Å². The van der Waals surface area contributed by atoms with Gasteiger partial charge in [0, 0.05) is 5.56 Å². The second-order valence-corrected chi connectivity index (χ2v) is 4.86. The molecule has 0 aromatic heterocycles. The Balaban J connectivity index is 2.39. The second kappa shape index (κ2) is 9.56. The molecule has 0 saturated heterocycles. The first-order valence-electron chi connectivity index (χ1n) is 7.33. The number of benzene rings is 1. The Morgan fingerprint density at radius 2 is 1.63 bits per heavy atom. The van der Waals surface area contributed by atoms with E-state index < -0.39 is 0 Å². The van der Waals surface area contributed by atoms with E-state index in [0.29, 0.717) is 6.67 Å². The van der Waals surface area contributed by atoms with Crippen molar-refractivity contribution in [2.75, 3.05) is 19.8 Å². The van der Waals surface area contributed by atoms with E-state index >= 15 is 0 Å². The number of nitrogens with zero attached hydrogens (tertiary/aromatic N) is 1. The summed E-state index contributed by atoms with van der Waals surface area (Å²) >= 11 is 0. The average Bonchev–Trinajstić information content (AvgIpc) is 2.47. The fourth-order valence-corrected chi connectivity index (χ4v) is 1.91. The molecule has 0 aliphatic heterocycles. The molecule has 0 radical (unpaired) electrons. The molecule has 0 atom stereocenters. The number of amides is 1. The first-order valence-corrected chi connectivity index (χ1v) is 7.33. The van der Waals surface area contributed by atoms with E-state index in [1.807, 2.05) is 30.3 Å². The molecular weight excluding hydrogens is 236 g/mol. The number of hydrogen-bond donors (Lipinski definition) is 1. The van der Waals surface area contributed by atoms with E-state index in [9.17, 15) is 4.79 Å². The molecule has 0 heterocycles. The van der Waals surface area contributed by atoms with Crippen molar-refractivity contribution in [2.45, 2.75) is 39.5 Å². The predicted molar refractivity (Wildman–Crippen MR) is 80.2 cm³/mol. The molecule has 1 aromatic rings. The van der Waals surface area contributed by atoms with Crippen LogP contribution in [0.4, 0.5) is 0 Å². The van der Waals surface area contributed by atoms with Crippen molar-refractivity contribution in [3.8, 4) is 0 Å². The molecule has 3 nitrogen and oxygen atoms in total. The van der Waals surface area contributed by atoms with Gasteiger partial charge in [0.05, 0.1) is 6.67 Å². The highest BCUT2D eigenvalue weighted by Gasteiger charge is 2.07. The molecule has 3 heteroatoms. The highest BCUT2D eigenvalue weighted by molar-refractivity contribution is 5.94. The molecule has 0 aliphatic carbocycles. The molecule has 0 unspecified atom stereocenters. The summed E-state index contributed by atoms with van der Waals surface area (Å²) < 4.78 is 0. The summed E-state index contributed by atoms with van der Waals surface area (Å²) in [6, 6.07) is 9.39. The van der Waals surface area contributed by atoms with Gasteiger partial charge in [-0.2, -0.15) is 0 Å². The lowest BCUT2D eigenvalue weighted by Gasteiger charge is -2.22. The largest absolute Gasteiger partial charge is 0.339 e. The van der Waals surface area contributed by atoms with E-state index in [1.54, 1.807) is 0 Å². The van der Waals surface area contributed by atoms with Crippen LogP contribution in [-0.2, 0) is 0 Å². The molecular formula is C16H26N2O. The molecule has 0 fully saturated rings. The van der Waals surface area contributed by atoms with E-state index in [4.69, 9.17) is 0 Å². The van der Waals surface area contributed by atoms with Gasteiger partial charge in [-0.15, -0.1) is 0 Å². The van der Waals surface area contributed by atoms with Crippen molar-refractivity contribution in [3.05, 3.63) is 35.9 Å². The zero-order chi connectivity index (χ0) is 13.9. The zero-order valence-corrected chi connectivity index (χ0v) is 12.2. The fourth-order valence-electron chi connectivity index (χ4n) is 1.91. The van der Waals surface area contributed by atoms with E-state index in [1.165, 1.54) is 25.7 Å². The minimum absolute atomic E-state index is 0.0126. The van der Waals surface area contributed by atoms with Gasteiger partial charge in [0.1, 0.15) is 0 Å². The number of unbranched alkanes of at least 4 members (excludes halogenated alkanes) is 2. The van der Waals surface area contributed by atoms with Crippen LogP contribution in [0.1, 0.15) is 49.9 Å². The summed E-state index contributed by atoms with van der Waals surface area (Å²) in [7, 11) is 0. The number of nitrogens with one attached hydrogen (secondary N) is 1. The van der Waals surface area contributed by atoms with Gasteiger partial charge in [-0.3, -0.25) is 9.69 Å². The van der Waals surface area contributed by atoms with Crippen molar-refractivity contribution in [2.24, 2.45) is 0 Å². The van der Waals surface area contributed by atoms with Crippen LogP contribution in [0, 0.1) is 0 Å². The third kappa shape index (κ3) is 6.39. The van der Waals surface area contributed by atoms with Crippen molar-refractivity contribution in [3.63, 3.8) is 0 Å². The van der Waals surface area contributed by atoms with Crippen molar-refractivity contribution < 1.29 is 4.79 Å². The quantitative estimate of drug-likeness (QED) is 0.693. The van der Waals surface area contributed by atoms with E-state index in [2.05, 4.69) is 24.1 Å². The molecule has 0 aliphatic rings. The van der Waals surface area contributed by atoms with Gasteiger partial charge in [0.15, 0.2) is 0 Å². The van der Waals surface area contributed by atoms with Crippen LogP contribution in [0.3, 0.4) is 0 Å². The summed E-state index contributed by atoms with van der Waals surface area (Å²) in [5, 5.41) is 3.00. The highest BCUT2D eigenvalue weighted by Crippen LogP contribution is 2.00. The Hall–Kier alpha value is -1.35. The van der Waals surface area contributed by atoms with Gasteiger partial charge in [-0.25, -0.2) is 0 Å². The molecule has 0 bridgehead atoms. The van der Waals surface area contributed by atoms with Gasteiger partial charge >= 0.3 is 0 Å². The third-order valence-corrected chi connectivity index (χ3v) is 3.15. The number of carbonyl (C=O) groups is 1. The van der Waals surface area contributed by atoms with Crippen LogP contribution in [0.25, 0.3) is 0 Å². The molecule has 0 spiro atoms. The normalized spacial score (nSPS) is 10.7. The van der Waals surface area contributed by atoms with Crippen molar-refractivity contribution in [1.29, 1.82) is 0 Å². The van der Waals surface area contributed by atoms with Crippen LogP contribution in [0.2, 0.25) is 0 Å². The Morgan fingerprint density at radius 1 is 1.05 bits per heavy atom. The van der Waals surface area contributed by atoms with E-state index in [0.717, 1.165) is 18.7 Å². The van der Waals surface area contributed by atoms with E-state index in [-0.39, 0.29) is 5.91 Å². The summed E-state index contributed by atoms with van der Waals surface area (Å²) in [6.07, 6.45) is 4.75. The second-order valence-electron chi connectivity index (χ2n) is 4.86. The molecule has 106 valence electrons. The minimum Gasteiger partial charge on any atom is -0.339 e. The smallest absolute Gasteiger partial charge is 0.252 e. The Kier molecular flexibility index (Phi) is 7.91. The topological polar surface area (TPSA) is 32.3 Å². The average molecular weight is 262 g/mol. The van der Waals surface area contributed by atoms with Gasteiger partial charge < -0.3 is 5.32 Å². The molecule has 1 N–H and O–H groups in total. The zero-order valence-electron chi connectivity index (χ0n) is 12.2. The Bertz CT molecular complexity index is 343. The maximum absolute atomic E-state index is 12.0.